The van der Waals surface area contributed by atoms with Crippen LogP contribution in [0.2, 0.25) is 0 Å². The summed E-state index contributed by atoms with van der Waals surface area (Å²) in [5.41, 5.74) is -0.355. The number of carbonyl (C=O) groups excluding carboxylic acids is 2. The second-order valence-corrected chi connectivity index (χ2v) is 14.6. The SMILES string of the molecule is CC(C)C(=O)Nc1nc2c(ncn2[C@@H]2O[C@H](CO)[C@@H](C)[C@H]2OS(=O)(=O)NC[C@H]2O[C@@H](n3cnc4c(NC(=O)c5ccccc5)ncnc43)[C@H](F)[C@@H]2O)c(=O)[nH]1. The number of nitrogens with zero attached hydrogens (tertiary/aromatic N) is 7. The zero-order chi connectivity index (χ0) is 39.2. The first-order valence-corrected chi connectivity index (χ1v) is 18.4. The molecule has 0 aliphatic carbocycles. The molecule has 0 spiro atoms. The lowest BCUT2D eigenvalue weighted by atomic mass is 10.0. The van der Waals surface area contributed by atoms with Gasteiger partial charge in [0.05, 0.1) is 25.4 Å². The highest BCUT2D eigenvalue weighted by molar-refractivity contribution is 7.84. The molecular formula is C32H36FN11O10S. The lowest BCUT2D eigenvalue weighted by Gasteiger charge is -2.23. The molecule has 0 bridgehead atoms. The van der Waals surface area contributed by atoms with E-state index in [9.17, 15) is 33.0 Å². The molecule has 2 aliphatic rings. The van der Waals surface area contributed by atoms with Crippen LogP contribution in [0.25, 0.3) is 22.3 Å². The largest absolute Gasteiger partial charge is 0.394 e. The fourth-order valence-electron chi connectivity index (χ4n) is 6.21. The Kier molecular flexibility index (Phi) is 10.4. The minimum atomic E-state index is -4.71. The van der Waals surface area contributed by atoms with Gasteiger partial charge in [0.15, 0.2) is 46.8 Å². The van der Waals surface area contributed by atoms with Crippen LogP contribution in [-0.4, -0.2) is 113 Å². The second-order valence-electron chi connectivity index (χ2n) is 13.2. The maximum atomic E-state index is 15.6. The lowest BCUT2D eigenvalue weighted by molar-refractivity contribution is -0.118. The van der Waals surface area contributed by atoms with Gasteiger partial charge in [-0.05, 0) is 12.1 Å². The summed E-state index contributed by atoms with van der Waals surface area (Å²) < 4.78 is 64.2. The van der Waals surface area contributed by atoms with Gasteiger partial charge >= 0.3 is 10.3 Å². The number of aliphatic hydroxyl groups is 2. The highest BCUT2D eigenvalue weighted by Gasteiger charge is 2.48. The van der Waals surface area contributed by atoms with Crippen molar-refractivity contribution >= 4 is 56.2 Å². The average Bonchev–Trinajstić information content (AvgIpc) is 3.92. The Balaban J connectivity index is 1.06. The molecule has 4 aromatic heterocycles. The van der Waals surface area contributed by atoms with Gasteiger partial charge in [0, 0.05) is 23.9 Å². The topological polar surface area (TPSA) is 280 Å². The Bertz CT molecular complexity index is 2390. The Labute approximate surface area is 310 Å². The van der Waals surface area contributed by atoms with Gasteiger partial charge in [-0.3, -0.25) is 33.8 Å². The molecule has 5 aromatic rings. The van der Waals surface area contributed by atoms with Crippen LogP contribution in [-0.2, 0) is 28.8 Å². The molecule has 2 aliphatic heterocycles. The number of aromatic nitrogens is 8. The molecule has 8 atom stereocenters. The summed E-state index contributed by atoms with van der Waals surface area (Å²) in [6.07, 6.45) is -6.81. The highest BCUT2D eigenvalue weighted by Crippen LogP contribution is 2.38. The van der Waals surface area contributed by atoms with Crippen LogP contribution >= 0.6 is 0 Å². The van der Waals surface area contributed by atoms with Gasteiger partial charge in [0.25, 0.3) is 11.5 Å². The second kappa shape index (κ2) is 15.1. The standard InChI is InChI=1S/C32H36FN11O10S/c1-14(2)27(47)41-32-40-26-21(29(49)42-32)37-13-44(26)31-23(15(3)18(10-45)53-31)54-55(50,51)38-9-17-22(46)19(33)30(52-17)43-12-36-20-24(34-11-35-25(20)43)39-28(48)16-7-5-4-6-8-16/h4-8,11-15,17-19,22-23,30-31,38,45-46H,9-10H2,1-3H3,(H,34,35,39,48)(H2,40,41,42,47,49)/t15-,17-,18-,19-,22-,23-,30-,31-/m1/s1. The Morgan fingerprint density at radius 3 is 2.40 bits per heavy atom. The van der Waals surface area contributed by atoms with E-state index in [1.165, 1.54) is 21.8 Å². The Morgan fingerprint density at radius 2 is 1.69 bits per heavy atom. The van der Waals surface area contributed by atoms with E-state index < -0.39 is 95.7 Å². The number of fused-ring (bicyclic) bond motifs is 2. The van der Waals surface area contributed by atoms with Crippen molar-refractivity contribution in [3.63, 3.8) is 0 Å². The van der Waals surface area contributed by atoms with E-state index in [0.29, 0.717) is 5.56 Å². The zero-order valence-electron chi connectivity index (χ0n) is 29.3. The van der Waals surface area contributed by atoms with Gasteiger partial charge in [-0.2, -0.15) is 18.1 Å². The zero-order valence-corrected chi connectivity index (χ0v) is 30.1. The number of aromatic amines is 1. The van der Waals surface area contributed by atoms with Crippen LogP contribution in [0.15, 0.2) is 54.1 Å². The summed E-state index contributed by atoms with van der Waals surface area (Å²) >= 11 is 0. The molecule has 292 valence electrons. The number of halogens is 1. The molecule has 7 rings (SSSR count). The van der Waals surface area contributed by atoms with Crippen molar-refractivity contribution in [3.8, 4) is 0 Å². The number of ether oxygens (including phenoxy) is 2. The molecule has 6 N–H and O–H groups in total. The molecule has 23 heteroatoms. The number of hydrogen-bond acceptors (Lipinski definition) is 15. The van der Waals surface area contributed by atoms with E-state index >= 15 is 4.39 Å². The van der Waals surface area contributed by atoms with E-state index in [2.05, 4.69) is 45.3 Å². The Hall–Kier alpha value is -5.30. The van der Waals surface area contributed by atoms with Gasteiger partial charge in [-0.1, -0.05) is 39.0 Å². The highest BCUT2D eigenvalue weighted by atomic mass is 32.2. The molecule has 2 amide bonds. The first-order valence-electron chi connectivity index (χ1n) is 17.0. The van der Waals surface area contributed by atoms with Crippen LogP contribution in [0, 0.1) is 11.8 Å². The van der Waals surface area contributed by atoms with Crippen molar-refractivity contribution in [2.75, 3.05) is 23.8 Å². The fourth-order valence-corrected chi connectivity index (χ4v) is 7.21. The quantitative estimate of drug-likeness (QED) is 0.0982. The molecule has 0 radical (unpaired) electrons. The normalized spacial score (nSPS) is 25.6. The van der Waals surface area contributed by atoms with Crippen LogP contribution < -0.4 is 20.9 Å². The van der Waals surface area contributed by atoms with E-state index in [1.54, 1.807) is 51.1 Å². The molecule has 6 heterocycles. The van der Waals surface area contributed by atoms with Crippen LogP contribution in [0.1, 0.15) is 43.6 Å². The Morgan fingerprint density at radius 1 is 1.00 bits per heavy atom. The summed E-state index contributed by atoms with van der Waals surface area (Å²) in [5, 5.41) is 25.9. The van der Waals surface area contributed by atoms with E-state index in [4.69, 9.17) is 13.7 Å². The summed E-state index contributed by atoms with van der Waals surface area (Å²) in [7, 11) is -4.71. The van der Waals surface area contributed by atoms with Crippen molar-refractivity contribution in [3.05, 3.63) is 65.2 Å². The number of alkyl halides is 1. The first kappa shape index (κ1) is 38.0. The molecule has 0 saturated carbocycles. The number of H-pyrrole nitrogens is 1. The van der Waals surface area contributed by atoms with E-state index in [1.807, 2.05) is 0 Å². The van der Waals surface area contributed by atoms with Gasteiger partial charge in [-0.15, -0.1) is 0 Å². The summed E-state index contributed by atoms with van der Waals surface area (Å²) in [5.74, 6) is -2.21. The maximum absolute atomic E-state index is 15.6. The van der Waals surface area contributed by atoms with Crippen LogP contribution in [0.4, 0.5) is 16.2 Å². The number of hydrogen-bond donors (Lipinski definition) is 6. The van der Waals surface area contributed by atoms with Crippen LogP contribution in [0.5, 0.6) is 0 Å². The number of amides is 2. The molecule has 21 nitrogen and oxygen atoms in total. The van der Waals surface area contributed by atoms with Gasteiger partial charge in [-0.25, -0.2) is 28.5 Å². The average molecular weight is 786 g/mol. The van der Waals surface area contributed by atoms with Crippen molar-refractivity contribution in [2.24, 2.45) is 11.8 Å². The predicted molar refractivity (Wildman–Crippen MR) is 188 cm³/mol. The monoisotopic (exact) mass is 785 g/mol. The summed E-state index contributed by atoms with van der Waals surface area (Å²) in [4.78, 5) is 61.0. The molecular weight excluding hydrogens is 749 g/mol. The fraction of sp³-hybridized carbons (Fsp3) is 0.438. The minimum absolute atomic E-state index is 0.0458. The summed E-state index contributed by atoms with van der Waals surface area (Å²) in [6, 6.07) is 8.35. The summed E-state index contributed by atoms with van der Waals surface area (Å²) in [6.45, 7) is 3.71. The van der Waals surface area contributed by atoms with E-state index in [0.717, 1.165) is 6.33 Å². The third kappa shape index (κ3) is 7.41. The number of imidazole rings is 2. The lowest BCUT2D eigenvalue weighted by Crippen LogP contribution is -2.42. The molecule has 0 unspecified atom stereocenters. The third-order valence-corrected chi connectivity index (χ3v) is 10.2. The number of benzene rings is 1. The van der Waals surface area contributed by atoms with E-state index in [-0.39, 0.29) is 34.1 Å². The smallest absolute Gasteiger partial charge is 0.336 e. The predicted octanol–water partition coefficient (Wildman–Crippen LogP) is 0.148. The van der Waals surface area contributed by atoms with Crippen molar-refractivity contribution < 1.29 is 46.3 Å². The number of aliphatic hydroxyl groups excluding tert-OH is 2. The van der Waals surface area contributed by atoms with Gasteiger partial charge in [0.1, 0.15) is 24.6 Å². The van der Waals surface area contributed by atoms with Crippen molar-refractivity contribution in [1.29, 1.82) is 0 Å². The number of rotatable bonds is 12. The maximum Gasteiger partial charge on any atom is 0.336 e. The molecule has 2 saturated heterocycles. The van der Waals surface area contributed by atoms with Gasteiger partial charge in [0.2, 0.25) is 11.9 Å². The molecule has 55 heavy (non-hydrogen) atoms. The van der Waals surface area contributed by atoms with Crippen molar-refractivity contribution in [2.45, 2.75) is 63.8 Å². The molecule has 1 aromatic carbocycles. The molecule has 2 fully saturated rings. The van der Waals surface area contributed by atoms with Gasteiger partial charge < -0.3 is 25.0 Å². The van der Waals surface area contributed by atoms with Crippen molar-refractivity contribution in [1.82, 2.24) is 43.8 Å². The van der Waals surface area contributed by atoms with Crippen LogP contribution in [0.3, 0.4) is 0 Å². The number of anilines is 2. The minimum Gasteiger partial charge on any atom is -0.394 e. The first-order chi connectivity index (χ1) is 26.3. The number of carbonyl (C=O) groups is 2. The third-order valence-electron chi connectivity index (χ3n) is 9.25. The number of nitrogens with one attached hydrogen (secondary N) is 4.